The van der Waals surface area contributed by atoms with Crippen LogP contribution in [0.4, 0.5) is 15.8 Å². The van der Waals surface area contributed by atoms with Crippen LogP contribution in [-0.2, 0) is 0 Å². The zero-order valence-corrected chi connectivity index (χ0v) is 11.7. The number of rotatable bonds is 3. The average Bonchev–Trinajstić information content (AvgIpc) is 2.43. The maximum absolute atomic E-state index is 13.1. The summed E-state index contributed by atoms with van der Waals surface area (Å²) in [6.45, 7) is 0. The molecule has 0 aliphatic rings. The first kappa shape index (κ1) is 15.1. The van der Waals surface area contributed by atoms with Crippen LogP contribution in [0.3, 0.4) is 0 Å². The Bertz CT molecular complexity index is 740. The smallest absolute Gasteiger partial charge is 0.271 e. The number of hydrogen-bond acceptors (Lipinski definition) is 4. The van der Waals surface area contributed by atoms with Gasteiger partial charge in [-0.05, 0) is 12.1 Å². The van der Waals surface area contributed by atoms with Gasteiger partial charge < -0.3 is 5.32 Å². The number of nitrogens with zero attached hydrogens (tertiary/aromatic N) is 2. The Morgan fingerprint density at radius 1 is 1.33 bits per heavy atom. The number of halogens is 3. The monoisotopic (exact) mass is 329 g/mol. The summed E-state index contributed by atoms with van der Waals surface area (Å²) in [6.07, 6.45) is 0.861. The summed E-state index contributed by atoms with van der Waals surface area (Å²) in [5, 5.41) is 12.9. The molecule has 2 rings (SSSR count). The number of non-ortho nitro benzene ring substituents is 1. The van der Waals surface area contributed by atoms with Crippen LogP contribution in [0.15, 0.2) is 30.5 Å². The van der Waals surface area contributed by atoms with Crippen molar-refractivity contribution in [2.75, 3.05) is 5.32 Å². The molecule has 1 aromatic carbocycles. The predicted molar refractivity (Wildman–Crippen MR) is 75.3 cm³/mol. The molecule has 2 aromatic rings. The lowest BCUT2D eigenvalue weighted by Gasteiger charge is -2.08. The van der Waals surface area contributed by atoms with Gasteiger partial charge in [0.05, 0.1) is 27.4 Å². The number of benzene rings is 1. The summed E-state index contributed by atoms with van der Waals surface area (Å²) in [6, 6.07) is 4.44. The molecule has 1 amide bonds. The SMILES string of the molecule is O=C(Nc1cc([N+](=O)[O-])ccc1Cl)c1cc(F)cnc1Cl. The number of pyridine rings is 1. The highest BCUT2D eigenvalue weighted by Gasteiger charge is 2.16. The van der Waals surface area contributed by atoms with E-state index in [0.29, 0.717) is 0 Å². The minimum atomic E-state index is -0.783. The van der Waals surface area contributed by atoms with Crippen molar-refractivity contribution in [2.45, 2.75) is 0 Å². The van der Waals surface area contributed by atoms with Crippen molar-refractivity contribution in [1.82, 2.24) is 4.98 Å². The number of nitro groups is 1. The second kappa shape index (κ2) is 6.02. The fourth-order valence-corrected chi connectivity index (χ4v) is 1.85. The zero-order chi connectivity index (χ0) is 15.6. The number of anilines is 1. The molecule has 0 aliphatic carbocycles. The molecule has 0 bridgehead atoms. The molecular formula is C12H6Cl2FN3O3. The van der Waals surface area contributed by atoms with Gasteiger partial charge in [0.15, 0.2) is 0 Å². The molecule has 9 heteroatoms. The van der Waals surface area contributed by atoms with Crippen LogP contribution >= 0.6 is 23.2 Å². The number of amides is 1. The van der Waals surface area contributed by atoms with Gasteiger partial charge in [-0.2, -0.15) is 0 Å². The number of carbonyl (C=O) groups is 1. The van der Waals surface area contributed by atoms with Crippen molar-refractivity contribution in [3.63, 3.8) is 0 Å². The third kappa shape index (κ3) is 3.45. The van der Waals surface area contributed by atoms with Crippen LogP contribution in [0.2, 0.25) is 10.2 Å². The lowest BCUT2D eigenvalue weighted by Crippen LogP contribution is -2.14. The third-order valence-electron chi connectivity index (χ3n) is 2.46. The summed E-state index contributed by atoms with van der Waals surface area (Å²) in [4.78, 5) is 25.5. The summed E-state index contributed by atoms with van der Waals surface area (Å²) in [5.74, 6) is -1.52. The fourth-order valence-electron chi connectivity index (χ4n) is 1.49. The lowest BCUT2D eigenvalue weighted by atomic mass is 10.2. The number of aromatic nitrogens is 1. The fraction of sp³-hybridized carbons (Fsp3) is 0. The van der Waals surface area contributed by atoms with E-state index in [0.717, 1.165) is 18.3 Å². The Morgan fingerprint density at radius 2 is 2.05 bits per heavy atom. The van der Waals surface area contributed by atoms with E-state index in [4.69, 9.17) is 23.2 Å². The van der Waals surface area contributed by atoms with Crippen LogP contribution in [-0.4, -0.2) is 15.8 Å². The maximum atomic E-state index is 13.1. The Hall–Kier alpha value is -2.25. The molecule has 0 fully saturated rings. The maximum Gasteiger partial charge on any atom is 0.271 e. The van der Waals surface area contributed by atoms with E-state index in [1.54, 1.807) is 0 Å². The van der Waals surface area contributed by atoms with Crippen molar-refractivity contribution < 1.29 is 14.1 Å². The van der Waals surface area contributed by atoms with Crippen molar-refractivity contribution in [3.05, 3.63) is 62.1 Å². The average molecular weight is 330 g/mol. The molecule has 108 valence electrons. The van der Waals surface area contributed by atoms with Crippen LogP contribution in [0.1, 0.15) is 10.4 Å². The number of hydrogen-bond donors (Lipinski definition) is 1. The first-order chi connectivity index (χ1) is 9.88. The molecular weight excluding hydrogens is 324 g/mol. The number of nitro benzene ring substituents is 1. The van der Waals surface area contributed by atoms with Gasteiger partial charge in [-0.15, -0.1) is 0 Å². The first-order valence-corrected chi connectivity index (χ1v) is 6.20. The topological polar surface area (TPSA) is 85.1 Å². The van der Waals surface area contributed by atoms with Crippen LogP contribution in [0.25, 0.3) is 0 Å². The van der Waals surface area contributed by atoms with Crippen LogP contribution in [0.5, 0.6) is 0 Å². The van der Waals surface area contributed by atoms with E-state index in [1.165, 1.54) is 12.1 Å². The predicted octanol–water partition coefficient (Wildman–Crippen LogP) is 3.69. The molecule has 0 saturated carbocycles. The van der Waals surface area contributed by atoms with Crippen molar-refractivity contribution in [2.24, 2.45) is 0 Å². The van der Waals surface area contributed by atoms with E-state index in [2.05, 4.69) is 10.3 Å². The summed E-state index contributed by atoms with van der Waals surface area (Å²) in [7, 11) is 0. The molecule has 1 heterocycles. The molecule has 21 heavy (non-hydrogen) atoms. The first-order valence-electron chi connectivity index (χ1n) is 5.45. The molecule has 0 atom stereocenters. The van der Waals surface area contributed by atoms with E-state index in [1.807, 2.05) is 0 Å². The zero-order valence-electron chi connectivity index (χ0n) is 10.1. The van der Waals surface area contributed by atoms with E-state index in [-0.39, 0.29) is 27.1 Å². The van der Waals surface area contributed by atoms with Crippen LogP contribution in [0, 0.1) is 15.9 Å². The van der Waals surface area contributed by atoms with Crippen LogP contribution < -0.4 is 5.32 Å². The van der Waals surface area contributed by atoms with Gasteiger partial charge in [-0.1, -0.05) is 23.2 Å². The van der Waals surface area contributed by atoms with E-state index >= 15 is 0 Å². The van der Waals surface area contributed by atoms with Gasteiger partial charge >= 0.3 is 0 Å². The number of nitrogens with one attached hydrogen (secondary N) is 1. The highest BCUT2D eigenvalue weighted by molar-refractivity contribution is 6.35. The minimum absolute atomic E-state index is 0.0104. The molecule has 0 aliphatic heterocycles. The Kier molecular flexibility index (Phi) is 4.35. The lowest BCUT2D eigenvalue weighted by molar-refractivity contribution is -0.384. The second-order valence-electron chi connectivity index (χ2n) is 3.87. The molecule has 0 radical (unpaired) electrons. The molecule has 6 nitrogen and oxygen atoms in total. The quantitative estimate of drug-likeness (QED) is 0.528. The third-order valence-corrected chi connectivity index (χ3v) is 3.09. The van der Waals surface area contributed by atoms with Crippen molar-refractivity contribution in [3.8, 4) is 0 Å². The van der Waals surface area contributed by atoms with Gasteiger partial charge in [-0.25, -0.2) is 9.37 Å². The van der Waals surface area contributed by atoms with Gasteiger partial charge in [-0.3, -0.25) is 14.9 Å². The Labute approximate surface area is 127 Å². The van der Waals surface area contributed by atoms with E-state index in [9.17, 15) is 19.3 Å². The van der Waals surface area contributed by atoms with Gasteiger partial charge in [0, 0.05) is 12.1 Å². The largest absolute Gasteiger partial charge is 0.320 e. The summed E-state index contributed by atoms with van der Waals surface area (Å²) >= 11 is 11.5. The highest BCUT2D eigenvalue weighted by atomic mass is 35.5. The molecule has 0 saturated heterocycles. The molecule has 1 N–H and O–H groups in total. The molecule has 1 aromatic heterocycles. The molecule has 0 spiro atoms. The normalized spacial score (nSPS) is 10.2. The Balaban J connectivity index is 2.33. The second-order valence-corrected chi connectivity index (χ2v) is 4.63. The highest BCUT2D eigenvalue weighted by Crippen LogP contribution is 2.27. The minimum Gasteiger partial charge on any atom is -0.320 e. The van der Waals surface area contributed by atoms with Crippen molar-refractivity contribution in [1.29, 1.82) is 0 Å². The number of carbonyl (C=O) groups excluding carboxylic acids is 1. The van der Waals surface area contributed by atoms with E-state index < -0.39 is 16.6 Å². The van der Waals surface area contributed by atoms with Gasteiger partial charge in [0.1, 0.15) is 11.0 Å². The van der Waals surface area contributed by atoms with Gasteiger partial charge in [0.2, 0.25) is 0 Å². The summed E-state index contributed by atoms with van der Waals surface area (Å²) in [5.41, 5.74) is -0.450. The van der Waals surface area contributed by atoms with Gasteiger partial charge in [0.25, 0.3) is 11.6 Å². The molecule has 0 unspecified atom stereocenters. The Morgan fingerprint density at radius 3 is 2.71 bits per heavy atom. The van der Waals surface area contributed by atoms with Crippen molar-refractivity contribution >= 4 is 40.5 Å². The summed E-state index contributed by atoms with van der Waals surface area (Å²) < 4.78 is 13.1. The standard InChI is InChI=1S/C12H6Cl2FN3O3/c13-9-2-1-7(18(20)21)4-10(9)17-12(19)8-3-6(15)5-16-11(8)14/h1-5H,(H,17,19).